The van der Waals surface area contributed by atoms with E-state index in [2.05, 4.69) is 36.1 Å². The van der Waals surface area contributed by atoms with Gasteiger partial charge in [-0.2, -0.15) is 10.5 Å². The molecule has 0 fully saturated rings. The number of carbonyl (C=O) groups is 2. The van der Waals surface area contributed by atoms with Crippen LogP contribution in [0.1, 0.15) is 29.9 Å². The summed E-state index contributed by atoms with van der Waals surface area (Å²) in [7, 11) is 0. The molecule has 0 spiro atoms. The van der Waals surface area contributed by atoms with Gasteiger partial charge in [-0.05, 0) is 50.6 Å². The van der Waals surface area contributed by atoms with E-state index in [9.17, 15) is 20.1 Å². The van der Waals surface area contributed by atoms with Crippen LogP contribution in [0.4, 0.5) is 16.4 Å². The summed E-state index contributed by atoms with van der Waals surface area (Å²) in [5, 5.41) is 19.1. The molecule has 10 heteroatoms. The Kier molecular flexibility index (Phi) is 9.88. The van der Waals surface area contributed by atoms with E-state index in [-0.39, 0.29) is 13.2 Å². The summed E-state index contributed by atoms with van der Waals surface area (Å²) in [6.07, 6.45) is 0. The standard InChI is InChI=1S/C25H27N5O4S/c1-16(2)24(31)33-12-10-30(11-13-34-25(32)17(3)4)20-8-6-19(7-9-20)28-29-23-21(14-26)18(5)22(15-27)35-23/h6-9,28-29H,1,3,10-13H2,2,4-5H3. The van der Waals surface area contributed by atoms with E-state index >= 15 is 0 Å². The van der Waals surface area contributed by atoms with Crippen molar-refractivity contribution >= 4 is 39.7 Å². The molecule has 1 heterocycles. The Labute approximate surface area is 208 Å². The maximum absolute atomic E-state index is 11.7. The zero-order valence-electron chi connectivity index (χ0n) is 19.9. The Balaban J connectivity index is 2.06. The predicted molar refractivity (Wildman–Crippen MR) is 136 cm³/mol. The Hall–Kier alpha value is -4.28. The highest BCUT2D eigenvalue weighted by molar-refractivity contribution is 7.17. The highest BCUT2D eigenvalue weighted by Gasteiger charge is 2.15. The van der Waals surface area contributed by atoms with Crippen molar-refractivity contribution in [3.8, 4) is 12.1 Å². The molecule has 0 radical (unpaired) electrons. The molecule has 182 valence electrons. The fourth-order valence-corrected chi connectivity index (χ4v) is 3.75. The van der Waals surface area contributed by atoms with Crippen molar-refractivity contribution in [1.82, 2.24) is 0 Å². The summed E-state index contributed by atoms with van der Waals surface area (Å²) in [6, 6.07) is 11.6. The first-order valence-corrected chi connectivity index (χ1v) is 11.5. The minimum Gasteiger partial charge on any atom is -0.460 e. The normalized spacial score (nSPS) is 9.86. The molecule has 0 aliphatic rings. The van der Waals surface area contributed by atoms with Crippen molar-refractivity contribution in [2.45, 2.75) is 20.8 Å². The molecular weight excluding hydrogens is 466 g/mol. The largest absolute Gasteiger partial charge is 0.460 e. The molecule has 0 aliphatic heterocycles. The number of esters is 2. The fourth-order valence-electron chi connectivity index (χ4n) is 2.84. The van der Waals surface area contributed by atoms with Crippen molar-refractivity contribution < 1.29 is 19.1 Å². The van der Waals surface area contributed by atoms with Crippen LogP contribution >= 0.6 is 11.3 Å². The number of ether oxygens (including phenoxy) is 2. The van der Waals surface area contributed by atoms with E-state index < -0.39 is 11.9 Å². The molecule has 0 unspecified atom stereocenters. The van der Waals surface area contributed by atoms with Gasteiger partial charge >= 0.3 is 11.9 Å². The van der Waals surface area contributed by atoms with Crippen LogP contribution in [0.2, 0.25) is 0 Å². The van der Waals surface area contributed by atoms with Gasteiger partial charge in [-0.25, -0.2) is 9.59 Å². The quantitative estimate of drug-likeness (QED) is 0.253. The summed E-state index contributed by atoms with van der Waals surface area (Å²) < 4.78 is 10.4. The third-order valence-corrected chi connectivity index (χ3v) is 5.91. The summed E-state index contributed by atoms with van der Waals surface area (Å²) in [5.74, 6) is -0.936. The maximum Gasteiger partial charge on any atom is 0.333 e. The third-order valence-electron chi connectivity index (χ3n) is 4.80. The molecule has 2 N–H and O–H groups in total. The van der Waals surface area contributed by atoms with Crippen LogP contribution in [-0.2, 0) is 19.1 Å². The topological polar surface area (TPSA) is 127 Å². The van der Waals surface area contributed by atoms with Crippen LogP contribution in [0, 0.1) is 29.6 Å². The number of nitriles is 2. The van der Waals surface area contributed by atoms with Gasteiger partial charge < -0.3 is 19.8 Å². The first-order valence-electron chi connectivity index (χ1n) is 10.6. The second-order valence-corrected chi connectivity index (χ2v) is 8.62. The van der Waals surface area contributed by atoms with Crippen LogP contribution in [0.5, 0.6) is 0 Å². The fraction of sp³-hybridized carbons (Fsp3) is 0.280. The number of hydrogen-bond donors (Lipinski definition) is 2. The zero-order chi connectivity index (χ0) is 26.0. The van der Waals surface area contributed by atoms with E-state index in [1.54, 1.807) is 20.8 Å². The monoisotopic (exact) mass is 493 g/mol. The van der Waals surface area contributed by atoms with Crippen molar-refractivity contribution in [2.24, 2.45) is 0 Å². The molecule has 0 bridgehead atoms. The molecule has 0 atom stereocenters. The molecule has 2 aromatic rings. The molecule has 0 amide bonds. The highest BCUT2D eigenvalue weighted by Crippen LogP contribution is 2.32. The molecule has 1 aromatic heterocycles. The number of hydrogen-bond acceptors (Lipinski definition) is 10. The Bertz CT molecular complexity index is 1160. The lowest BCUT2D eigenvalue weighted by molar-refractivity contribution is -0.139. The Morgan fingerprint density at radius 3 is 1.97 bits per heavy atom. The average molecular weight is 494 g/mol. The van der Waals surface area contributed by atoms with Gasteiger partial charge in [0, 0.05) is 16.8 Å². The molecule has 0 saturated carbocycles. The smallest absolute Gasteiger partial charge is 0.333 e. The van der Waals surface area contributed by atoms with Gasteiger partial charge in [-0.15, -0.1) is 11.3 Å². The summed E-state index contributed by atoms with van der Waals surface area (Å²) in [6.45, 7) is 13.1. The van der Waals surface area contributed by atoms with Gasteiger partial charge in [0.1, 0.15) is 35.2 Å². The molecule has 9 nitrogen and oxygen atoms in total. The van der Waals surface area contributed by atoms with Gasteiger partial charge in [-0.1, -0.05) is 13.2 Å². The number of benzene rings is 1. The molecule has 2 rings (SSSR count). The van der Waals surface area contributed by atoms with Crippen molar-refractivity contribution in [2.75, 3.05) is 42.1 Å². The van der Waals surface area contributed by atoms with Crippen LogP contribution in [0.3, 0.4) is 0 Å². The predicted octanol–water partition coefficient (Wildman–Crippen LogP) is 4.28. The number of nitrogens with one attached hydrogen (secondary N) is 2. The van der Waals surface area contributed by atoms with Crippen LogP contribution in [0.25, 0.3) is 0 Å². The molecular formula is C25H27N5O4S. The molecule has 0 saturated heterocycles. The SMILES string of the molecule is C=C(C)C(=O)OCCN(CCOC(=O)C(=C)C)c1ccc(NNc2sc(C#N)c(C)c2C#N)cc1. The highest BCUT2D eigenvalue weighted by atomic mass is 32.1. The second kappa shape index (κ2) is 12.8. The summed E-state index contributed by atoms with van der Waals surface area (Å²) >= 11 is 1.20. The van der Waals surface area contributed by atoms with Gasteiger partial charge in [0.25, 0.3) is 0 Å². The number of hydrazine groups is 1. The average Bonchev–Trinajstić information content (AvgIpc) is 3.15. The number of anilines is 3. The maximum atomic E-state index is 11.7. The lowest BCUT2D eigenvalue weighted by Crippen LogP contribution is -2.32. The Morgan fingerprint density at radius 1 is 0.971 bits per heavy atom. The lowest BCUT2D eigenvalue weighted by atomic mass is 10.2. The molecule has 35 heavy (non-hydrogen) atoms. The number of nitrogens with zero attached hydrogens (tertiary/aromatic N) is 3. The minimum absolute atomic E-state index is 0.136. The first kappa shape index (κ1) is 27.0. The Morgan fingerprint density at radius 2 is 1.51 bits per heavy atom. The molecule has 0 aliphatic carbocycles. The number of rotatable bonds is 12. The van der Waals surface area contributed by atoms with E-state index in [0.29, 0.717) is 45.2 Å². The zero-order valence-corrected chi connectivity index (χ0v) is 20.8. The van der Waals surface area contributed by atoms with Gasteiger partial charge in [0.05, 0.1) is 24.3 Å². The lowest BCUT2D eigenvalue weighted by Gasteiger charge is -2.25. The van der Waals surface area contributed by atoms with E-state index in [1.165, 1.54) is 11.3 Å². The summed E-state index contributed by atoms with van der Waals surface area (Å²) in [5.41, 5.74) is 9.28. The van der Waals surface area contributed by atoms with Gasteiger partial charge in [-0.3, -0.25) is 5.43 Å². The van der Waals surface area contributed by atoms with E-state index in [0.717, 1.165) is 11.4 Å². The van der Waals surface area contributed by atoms with Crippen LogP contribution in [0.15, 0.2) is 48.6 Å². The van der Waals surface area contributed by atoms with Crippen LogP contribution < -0.4 is 15.8 Å². The van der Waals surface area contributed by atoms with Crippen molar-refractivity contribution in [1.29, 1.82) is 10.5 Å². The number of carbonyl (C=O) groups excluding carboxylic acids is 2. The van der Waals surface area contributed by atoms with Crippen molar-refractivity contribution in [3.63, 3.8) is 0 Å². The van der Waals surface area contributed by atoms with Crippen molar-refractivity contribution in [3.05, 3.63) is 64.6 Å². The van der Waals surface area contributed by atoms with E-state index in [4.69, 9.17) is 9.47 Å². The van der Waals surface area contributed by atoms with Gasteiger partial charge in [0.15, 0.2) is 0 Å². The molecule has 1 aromatic carbocycles. The number of thiophene rings is 1. The van der Waals surface area contributed by atoms with Gasteiger partial charge in [0.2, 0.25) is 0 Å². The van der Waals surface area contributed by atoms with Crippen LogP contribution in [-0.4, -0.2) is 38.2 Å². The second-order valence-electron chi connectivity index (χ2n) is 7.60. The third kappa shape index (κ3) is 7.63. The first-order chi connectivity index (χ1) is 16.7. The van der Waals surface area contributed by atoms with E-state index in [1.807, 2.05) is 29.2 Å². The minimum atomic E-state index is -0.468. The summed E-state index contributed by atoms with van der Waals surface area (Å²) in [4.78, 5) is 25.8.